The molecule has 3 heterocycles. The Kier molecular flexibility index (Phi) is 12.0. The predicted molar refractivity (Wildman–Crippen MR) is 222 cm³/mol. The van der Waals surface area contributed by atoms with E-state index in [1.165, 1.54) is 48.8 Å². The molecule has 5 heteroatoms. The Morgan fingerprint density at radius 3 is 2.28 bits per heavy atom. The van der Waals surface area contributed by atoms with Gasteiger partial charge >= 0.3 is 0 Å². The van der Waals surface area contributed by atoms with Crippen molar-refractivity contribution in [2.24, 2.45) is 11.3 Å². The second-order valence-corrected chi connectivity index (χ2v) is 21.7. The smallest absolute Gasteiger partial charge is 0.121 e. The molecule has 53 heavy (non-hydrogen) atoms. The fraction of sp³-hybridized carbons (Fsp3) is 0.292. The number of hydrogen-bond acceptors (Lipinski definition) is 3. The molecule has 7 aromatic rings. The number of nitrogens with zero attached hydrogens (tertiary/aromatic N) is 2. The van der Waals surface area contributed by atoms with Crippen LogP contribution in [-0.2, 0) is 32.9 Å². The molecule has 1 fully saturated rings. The zero-order valence-corrected chi connectivity index (χ0v) is 35.3. The van der Waals surface area contributed by atoms with Gasteiger partial charge in [0.05, 0.1) is 13.7 Å². The van der Waals surface area contributed by atoms with E-state index in [1.54, 1.807) is 10.8 Å². The first-order valence-corrected chi connectivity index (χ1v) is 22.4. The summed E-state index contributed by atoms with van der Waals surface area (Å²) in [4.78, 5) is 9.40. The Bertz CT molecular complexity index is 2280. The standard InChI is InChI=1S/C28H24NO.C20H26NSi.Ir/c1-28(2,3)18-19-15-16-29-24(17-19)22-12-7-13-23-26-21(20-9-5-4-6-10-20)11-8-14-25(26)30-27(22)23;1-22(2,3)20-15-21-19(17-11-5-4-6-12-17)14-18(20)13-16-9-7-8-10-16;/h4-11,13-17H,18H2,1-3H3;4-6,11,14-16H,7-10,13H2,1-3H3;/q2*-1;. The number of aromatic nitrogens is 2. The Morgan fingerprint density at radius 1 is 0.792 bits per heavy atom. The molecule has 0 saturated heterocycles. The number of benzene rings is 4. The van der Waals surface area contributed by atoms with E-state index in [0.29, 0.717) is 0 Å². The molecule has 0 N–H and O–H groups in total. The van der Waals surface area contributed by atoms with Gasteiger partial charge in [-0.2, -0.15) is 0 Å². The van der Waals surface area contributed by atoms with E-state index in [4.69, 9.17) is 9.40 Å². The van der Waals surface area contributed by atoms with Crippen molar-refractivity contribution in [2.75, 3.05) is 0 Å². The van der Waals surface area contributed by atoms with Crippen molar-refractivity contribution >= 4 is 35.2 Å². The molecule has 0 atom stereocenters. The van der Waals surface area contributed by atoms with Crippen molar-refractivity contribution in [3.05, 3.63) is 139 Å². The predicted octanol–water partition coefficient (Wildman–Crippen LogP) is 12.5. The van der Waals surface area contributed by atoms with Gasteiger partial charge in [-0.1, -0.05) is 143 Å². The number of furan rings is 1. The van der Waals surface area contributed by atoms with Crippen molar-refractivity contribution in [1.29, 1.82) is 0 Å². The summed E-state index contributed by atoms with van der Waals surface area (Å²) in [5.41, 5.74) is 11.2. The van der Waals surface area contributed by atoms with Crippen LogP contribution in [-0.4, -0.2) is 18.0 Å². The summed E-state index contributed by atoms with van der Waals surface area (Å²) >= 11 is 0. The summed E-state index contributed by atoms with van der Waals surface area (Å²) in [7, 11) is -1.35. The van der Waals surface area contributed by atoms with E-state index in [9.17, 15) is 0 Å². The maximum absolute atomic E-state index is 6.37. The van der Waals surface area contributed by atoms with Crippen LogP contribution < -0.4 is 5.19 Å². The third kappa shape index (κ3) is 9.15. The molecule has 1 saturated carbocycles. The van der Waals surface area contributed by atoms with Crippen LogP contribution in [0.1, 0.15) is 57.6 Å². The van der Waals surface area contributed by atoms with Crippen LogP contribution in [0.25, 0.3) is 55.6 Å². The number of rotatable bonds is 7. The minimum absolute atomic E-state index is 0. The molecule has 1 aliphatic rings. The van der Waals surface area contributed by atoms with Gasteiger partial charge in [0.25, 0.3) is 0 Å². The summed E-state index contributed by atoms with van der Waals surface area (Å²) in [6.45, 7) is 14.0. The largest absolute Gasteiger partial charge is 0.501 e. The zero-order valence-electron chi connectivity index (χ0n) is 31.9. The molecular weight excluding hydrogens is 841 g/mol. The zero-order chi connectivity index (χ0) is 36.3. The first kappa shape index (κ1) is 38.6. The second-order valence-electron chi connectivity index (χ2n) is 16.6. The monoisotopic (exact) mass is 891 g/mol. The topological polar surface area (TPSA) is 38.9 Å². The number of fused-ring (bicyclic) bond motifs is 3. The van der Waals surface area contributed by atoms with E-state index in [1.807, 2.05) is 36.5 Å². The first-order chi connectivity index (χ1) is 25.0. The number of pyridine rings is 2. The minimum Gasteiger partial charge on any atom is -0.501 e. The Labute approximate surface area is 330 Å². The van der Waals surface area contributed by atoms with Crippen molar-refractivity contribution < 1.29 is 24.5 Å². The van der Waals surface area contributed by atoms with Crippen molar-refractivity contribution in [3.63, 3.8) is 0 Å². The summed E-state index contributed by atoms with van der Waals surface area (Å²) in [6.07, 6.45) is 11.9. The van der Waals surface area contributed by atoms with Crippen LogP contribution in [0, 0.1) is 23.5 Å². The molecule has 3 aromatic heterocycles. The molecule has 8 rings (SSSR count). The molecule has 1 aliphatic carbocycles. The van der Waals surface area contributed by atoms with Gasteiger partial charge in [-0.15, -0.1) is 54.1 Å². The molecule has 3 nitrogen and oxygen atoms in total. The average Bonchev–Trinajstić information content (AvgIpc) is 3.79. The molecule has 0 spiro atoms. The van der Waals surface area contributed by atoms with Crippen LogP contribution >= 0.6 is 0 Å². The van der Waals surface area contributed by atoms with Gasteiger partial charge in [-0.05, 0) is 64.0 Å². The van der Waals surface area contributed by atoms with Crippen molar-refractivity contribution in [2.45, 2.75) is 78.9 Å². The van der Waals surface area contributed by atoms with Gasteiger partial charge in [-0.25, -0.2) is 0 Å². The van der Waals surface area contributed by atoms with E-state index in [-0.39, 0.29) is 25.5 Å². The number of hydrogen-bond donors (Lipinski definition) is 0. The Hall–Kier alpha value is -4.15. The van der Waals surface area contributed by atoms with Crippen LogP contribution in [0.2, 0.25) is 19.6 Å². The summed E-state index contributed by atoms with van der Waals surface area (Å²) in [5, 5.41) is 3.78. The fourth-order valence-corrected chi connectivity index (χ4v) is 9.33. The summed E-state index contributed by atoms with van der Waals surface area (Å²) in [6, 6.07) is 42.2. The minimum atomic E-state index is -1.35. The van der Waals surface area contributed by atoms with Gasteiger partial charge in [0.1, 0.15) is 5.58 Å². The molecule has 0 amide bonds. The third-order valence-electron chi connectivity index (χ3n) is 10.1. The molecule has 1 radical (unpaired) electrons. The van der Waals surface area contributed by atoms with Crippen LogP contribution in [0.3, 0.4) is 0 Å². The molecule has 0 aliphatic heterocycles. The van der Waals surface area contributed by atoms with E-state index in [2.05, 4.69) is 137 Å². The first-order valence-electron chi connectivity index (χ1n) is 18.9. The quantitative estimate of drug-likeness (QED) is 0.118. The van der Waals surface area contributed by atoms with Gasteiger partial charge in [0.2, 0.25) is 0 Å². The Balaban J connectivity index is 0.000000187. The van der Waals surface area contributed by atoms with Crippen LogP contribution in [0.15, 0.2) is 120 Å². The SMILES string of the molecule is CC(C)(C)Cc1ccnc(-c2[c-]ccc3c2oc2cccc(-c4ccccc4)c23)c1.C[Si](C)(C)c1cnc(-c2[c-]cccc2)cc1CC1CCCC1.[Ir]. The van der Waals surface area contributed by atoms with E-state index >= 15 is 0 Å². The summed E-state index contributed by atoms with van der Waals surface area (Å²) < 4.78 is 6.37. The summed E-state index contributed by atoms with van der Waals surface area (Å²) in [5.74, 6) is 0.880. The van der Waals surface area contributed by atoms with Crippen LogP contribution in [0.5, 0.6) is 0 Å². The molecular formula is C48H50IrN2OSi-2. The average molecular weight is 891 g/mol. The van der Waals surface area contributed by atoms with Crippen LogP contribution in [0.4, 0.5) is 0 Å². The van der Waals surface area contributed by atoms with E-state index < -0.39 is 8.07 Å². The normalized spacial score (nSPS) is 13.5. The Morgan fingerprint density at radius 2 is 1.57 bits per heavy atom. The maximum atomic E-state index is 6.37. The molecule has 4 aromatic carbocycles. The van der Waals surface area contributed by atoms with E-state index in [0.717, 1.165) is 56.8 Å². The molecule has 273 valence electrons. The van der Waals surface area contributed by atoms with Gasteiger partial charge in [0, 0.05) is 37.9 Å². The maximum Gasteiger partial charge on any atom is 0.121 e. The van der Waals surface area contributed by atoms with Crippen molar-refractivity contribution in [3.8, 4) is 33.6 Å². The van der Waals surface area contributed by atoms with Gasteiger partial charge in [-0.3, -0.25) is 0 Å². The van der Waals surface area contributed by atoms with Gasteiger partial charge in [0.15, 0.2) is 0 Å². The van der Waals surface area contributed by atoms with Crippen molar-refractivity contribution in [1.82, 2.24) is 9.97 Å². The van der Waals surface area contributed by atoms with Gasteiger partial charge < -0.3 is 14.4 Å². The second kappa shape index (κ2) is 16.5. The molecule has 0 bridgehead atoms. The molecule has 0 unspecified atom stereocenters. The third-order valence-corrected chi connectivity index (χ3v) is 12.2. The fourth-order valence-electron chi connectivity index (χ4n) is 7.74.